The van der Waals surface area contributed by atoms with Crippen molar-refractivity contribution in [3.8, 4) is 0 Å². The molecule has 0 fully saturated rings. The highest BCUT2D eigenvalue weighted by Crippen LogP contribution is 2.10. The molecule has 0 amide bonds. The summed E-state index contributed by atoms with van der Waals surface area (Å²) in [5.74, 6) is 1.82. The molecule has 1 atom stereocenters. The van der Waals surface area contributed by atoms with Crippen LogP contribution in [0.1, 0.15) is 6.92 Å². The maximum atomic E-state index is 4.37. The number of nitrogens with zero attached hydrogens (tertiary/aromatic N) is 1. The fraction of sp³-hybridized carbons (Fsp3) is 0.500. The molecule has 1 unspecified atom stereocenters. The Hall–Kier alpha value is -0.900. The van der Waals surface area contributed by atoms with Crippen LogP contribution in [0.3, 0.4) is 0 Å². The molecule has 4 heteroatoms. The molecule has 0 aliphatic carbocycles. The van der Waals surface area contributed by atoms with Crippen LogP contribution >= 0.6 is 11.8 Å². The Morgan fingerprint density at radius 1 is 1.43 bits per heavy atom. The number of thioether (sulfide) groups is 1. The normalized spacial score (nSPS) is 12.2. The zero-order chi connectivity index (χ0) is 10.4. The summed E-state index contributed by atoms with van der Waals surface area (Å²) < 4.78 is 0. The highest BCUT2D eigenvalue weighted by Gasteiger charge is 1.99. The van der Waals surface area contributed by atoms with E-state index in [4.69, 9.17) is 0 Å². The molecular formula is C10H17N3S. The molecule has 0 saturated heterocycles. The summed E-state index contributed by atoms with van der Waals surface area (Å²) in [6, 6.07) is 5.92. The van der Waals surface area contributed by atoms with Crippen LogP contribution in [0.2, 0.25) is 0 Å². The van der Waals surface area contributed by atoms with Gasteiger partial charge in [-0.1, -0.05) is 13.0 Å². The molecule has 14 heavy (non-hydrogen) atoms. The predicted molar refractivity (Wildman–Crippen MR) is 65.3 cm³/mol. The van der Waals surface area contributed by atoms with E-state index in [1.54, 1.807) is 0 Å². The lowest BCUT2D eigenvalue weighted by Gasteiger charge is -2.10. The molecule has 0 saturated carbocycles. The third-order valence-electron chi connectivity index (χ3n) is 1.98. The van der Waals surface area contributed by atoms with Gasteiger partial charge in [0.1, 0.15) is 11.6 Å². The molecule has 78 valence electrons. The Morgan fingerprint density at radius 3 is 2.79 bits per heavy atom. The molecule has 0 aliphatic rings. The standard InChI is InChI=1S/C10H17N3S/c1-8(14-3)7-12-10-6-4-5-9(11-2)13-10/h4-6,8H,7H2,1-3H3,(H2,11,12,13). The lowest BCUT2D eigenvalue weighted by atomic mass is 10.4. The van der Waals surface area contributed by atoms with E-state index in [0.717, 1.165) is 18.2 Å². The predicted octanol–water partition coefficient (Wildman–Crippen LogP) is 2.29. The van der Waals surface area contributed by atoms with Gasteiger partial charge in [-0.15, -0.1) is 0 Å². The SMILES string of the molecule is CNc1cccc(NCC(C)SC)n1. The van der Waals surface area contributed by atoms with E-state index in [9.17, 15) is 0 Å². The van der Waals surface area contributed by atoms with E-state index in [0.29, 0.717) is 5.25 Å². The van der Waals surface area contributed by atoms with E-state index >= 15 is 0 Å². The summed E-state index contributed by atoms with van der Waals surface area (Å²) in [6.45, 7) is 3.14. The quantitative estimate of drug-likeness (QED) is 0.783. The molecule has 1 aromatic rings. The van der Waals surface area contributed by atoms with Crippen molar-refractivity contribution in [1.82, 2.24) is 4.98 Å². The fourth-order valence-electron chi connectivity index (χ4n) is 1.00. The van der Waals surface area contributed by atoms with Crippen molar-refractivity contribution in [1.29, 1.82) is 0 Å². The van der Waals surface area contributed by atoms with Crippen molar-refractivity contribution in [3.05, 3.63) is 18.2 Å². The third kappa shape index (κ3) is 3.46. The largest absolute Gasteiger partial charge is 0.373 e. The smallest absolute Gasteiger partial charge is 0.128 e. The molecule has 0 bridgehead atoms. The van der Waals surface area contributed by atoms with E-state index in [2.05, 4.69) is 28.8 Å². The van der Waals surface area contributed by atoms with Crippen molar-refractivity contribution in [2.75, 3.05) is 30.5 Å². The van der Waals surface area contributed by atoms with Gasteiger partial charge >= 0.3 is 0 Å². The zero-order valence-corrected chi connectivity index (χ0v) is 9.69. The van der Waals surface area contributed by atoms with E-state index in [1.807, 2.05) is 37.0 Å². The maximum absolute atomic E-state index is 4.37. The van der Waals surface area contributed by atoms with Crippen LogP contribution in [0.4, 0.5) is 11.6 Å². The molecule has 3 nitrogen and oxygen atoms in total. The van der Waals surface area contributed by atoms with Crippen LogP contribution in [0, 0.1) is 0 Å². The number of rotatable bonds is 5. The molecular weight excluding hydrogens is 194 g/mol. The van der Waals surface area contributed by atoms with Gasteiger partial charge < -0.3 is 10.6 Å². The summed E-state index contributed by atoms with van der Waals surface area (Å²) in [5.41, 5.74) is 0. The van der Waals surface area contributed by atoms with Gasteiger partial charge in [0.15, 0.2) is 0 Å². The second-order valence-corrected chi connectivity index (χ2v) is 4.36. The minimum atomic E-state index is 0.607. The van der Waals surface area contributed by atoms with E-state index in [1.165, 1.54) is 0 Å². The van der Waals surface area contributed by atoms with Gasteiger partial charge in [0, 0.05) is 18.8 Å². The number of hydrogen-bond donors (Lipinski definition) is 2. The highest BCUT2D eigenvalue weighted by atomic mass is 32.2. The van der Waals surface area contributed by atoms with Crippen LogP contribution in [0.15, 0.2) is 18.2 Å². The summed E-state index contributed by atoms with van der Waals surface area (Å²) in [5, 5.41) is 6.92. The molecule has 0 radical (unpaired) electrons. The first kappa shape index (κ1) is 11.2. The molecule has 0 aromatic carbocycles. The van der Waals surface area contributed by atoms with Crippen LogP contribution in [0.5, 0.6) is 0 Å². The van der Waals surface area contributed by atoms with Gasteiger partial charge in [0.05, 0.1) is 0 Å². The van der Waals surface area contributed by atoms with E-state index in [-0.39, 0.29) is 0 Å². The second-order valence-electron chi connectivity index (χ2n) is 3.09. The number of aromatic nitrogens is 1. The van der Waals surface area contributed by atoms with Gasteiger partial charge in [0.2, 0.25) is 0 Å². The van der Waals surface area contributed by atoms with Crippen LogP contribution < -0.4 is 10.6 Å². The first-order valence-electron chi connectivity index (χ1n) is 4.67. The zero-order valence-electron chi connectivity index (χ0n) is 8.87. The molecule has 2 N–H and O–H groups in total. The van der Waals surface area contributed by atoms with Crippen molar-refractivity contribution in [2.45, 2.75) is 12.2 Å². The van der Waals surface area contributed by atoms with Crippen molar-refractivity contribution < 1.29 is 0 Å². The van der Waals surface area contributed by atoms with Gasteiger partial charge in [-0.3, -0.25) is 0 Å². The number of hydrogen-bond acceptors (Lipinski definition) is 4. The Labute approximate surface area is 89.7 Å². The topological polar surface area (TPSA) is 37.0 Å². The lowest BCUT2D eigenvalue weighted by Crippen LogP contribution is -2.13. The molecule has 1 heterocycles. The average Bonchev–Trinajstić information content (AvgIpc) is 2.26. The summed E-state index contributed by atoms with van der Waals surface area (Å²) in [6.07, 6.45) is 2.11. The summed E-state index contributed by atoms with van der Waals surface area (Å²) >= 11 is 1.85. The first-order chi connectivity index (χ1) is 6.76. The van der Waals surface area contributed by atoms with Crippen LogP contribution in [-0.4, -0.2) is 30.1 Å². The molecule has 0 aliphatic heterocycles. The van der Waals surface area contributed by atoms with Gasteiger partial charge in [-0.05, 0) is 18.4 Å². The third-order valence-corrected chi connectivity index (χ3v) is 2.95. The van der Waals surface area contributed by atoms with Crippen molar-refractivity contribution in [2.24, 2.45) is 0 Å². The Bertz CT molecular complexity index is 278. The highest BCUT2D eigenvalue weighted by molar-refractivity contribution is 7.99. The van der Waals surface area contributed by atoms with Gasteiger partial charge in [-0.2, -0.15) is 11.8 Å². The average molecular weight is 211 g/mol. The molecule has 1 aromatic heterocycles. The monoisotopic (exact) mass is 211 g/mol. The van der Waals surface area contributed by atoms with Crippen molar-refractivity contribution in [3.63, 3.8) is 0 Å². The second kappa shape index (κ2) is 5.75. The van der Waals surface area contributed by atoms with Crippen molar-refractivity contribution >= 4 is 23.4 Å². The maximum Gasteiger partial charge on any atom is 0.128 e. The number of anilines is 2. The number of pyridine rings is 1. The van der Waals surface area contributed by atoms with Crippen LogP contribution in [-0.2, 0) is 0 Å². The van der Waals surface area contributed by atoms with Crippen LogP contribution in [0.25, 0.3) is 0 Å². The first-order valence-corrected chi connectivity index (χ1v) is 5.96. The minimum absolute atomic E-state index is 0.607. The van der Waals surface area contributed by atoms with Gasteiger partial charge in [-0.25, -0.2) is 4.98 Å². The Kier molecular flexibility index (Phi) is 4.59. The Morgan fingerprint density at radius 2 is 2.14 bits per heavy atom. The molecule has 1 rings (SSSR count). The van der Waals surface area contributed by atoms with E-state index < -0.39 is 0 Å². The lowest BCUT2D eigenvalue weighted by molar-refractivity contribution is 0.992. The summed E-state index contributed by atoms with van der Waals surface area (Å²) in [4.78, 5) is 4.37. The fourth-order valence-corrected chi connectivity index (χ4v) is 1.25. The number of nitrogens with one attached hydrogen (secondary N) is 2. The summed E-state index contributed by atoms with van der Waals surface area (Å²) in [7, 11) is 1.87. The minimum Gasteiger partial charge on any atom is -0.373 e. The molecule has 0 spiro atoms. The van der Waals surface area contributed by atoms with Gasteiger partial charge in [0.25, 0.3) is 0 Å². The Balaban J connectivity index is 2.50.